The van der Waals surface area contributed by atoms with Gasteiger partial charge in [0.15, 0.2) is 0 Å². The van der Waals surface area contributed by atoms with Gasteiger partial charge in [-0.3, -0.25) is 4.79 Å². The molecule has 7 heteroatoms. The number of anilines is 1. The van der Waals surface area contributed by atoms with Gasteiger partial charge in [0.25, 0.3) is 5.91 Å². The van der Waals surface area contributed by atoms with Crippen LogP contribution in [0.5, 0.6) is 11.5 Å². The molecule has 1 aromatic carbocycles. The lowest BCUT2D eigenvalue weighted by molar-refractivity contribution is 0.0938. The molecule has 1 aliphatic rings. The number of benzene rings is 1. The largest absolute Gasteiger partial charge is 0.497 e. The molecule has 7 nitrogen and oxygen atoms in total. The van der Waals surface area contributed by atoms with E-state index >= 15 is 0 Å². The first-order valence-electron chi connectivity index (χ1n) is 8.33. The molecule has 1 aliphatic heterocycles. The van der Waals surface area contributed by atoms with E-state index in [1.807, 2.05) is 25.1 Å². The van der Waals surface area contributed by atoms with E-state index in [2.05, 4.69) is 20.6 Å². The smallest absolute Gasteiger partial charge is 0.254 e. The van der Waals surface area contributed by atoms with Crippen LogP contribution in [0.3, 0.4) is 0 Å². The number of amides is 1. The molecule has 0 spiro atoms. The Bertz CT molecular complexity index is 734. The Hall–Kier alpha value is -2.83. The normalized spacial score (nSPS) is 15.7. The first-order valence-corrected chi connectivity index (χ1v) is 8.33. The Morgan fingerprint density at radius 3 is 2.88 bits per heavy atom. The van der Waals surface area contributed by atoms with Crippen LogP contribution in [0.2, 0.25) is 0 Å². The van der Waals surface area contributed by atoms with E-state index in [0.29, 0.717) is 24.7 Å². The summed E-state index contributed by atoms with van der Waals surface area (Å²) in [4.78, 5) is 20.4. The van der Waals surface area contributed by atoms with E-state index in [4.69, 9.17) is 9.47 Å². The number of rotatable bonds is 6. The lowest BCUT2D eigenvalue weighted by Gasteiger charge is -2.25. The highest BCUT2D eigenvalue weighted by atomic mass is 16.5. The van der Waals surface area contributed by atoms with Crippen LogP contribution in [0.1, 0.15) is 22.8 Å². The highest BCUT2D eigenvalue weighted by molar-refractivity contribution is 5.93. The summed E-state index contributed by atoms with van der Waals surface area (Å²) in [5, 5.41) is 5.92. The van der Waals surface area contributed by atoms with E-state index in [1.165, 1.54) is 12.4 Å². The molecule has 132 valence electrons. The minimum atomic E-state index is -0.177. The first kappa shape index (κ1) is 17.0. The molecule has 0 saturated carbocycles. The number of carbonyl (C=O) groups is 1. The van der Waals surface area contributed by atoms with Crippen molar-refractivity contribution in [3.05, 3.63) is 41.7 Å². The zero-order chi connectivity index (χ0) is 17.6. The number of nitrogens with zero attached hydrogens (tertiary/aromatic N) is 2. The molecule has 0 unspecified atom stereocenters. The molecule has 0 aliphatic carbocycles. The molecule has 2 N–H and O–H groups in total. The zero-order valence-electron chi connectivity index (χ0n) is 14.4. The highest BCUT2D eigenvalue weighted by Crippen LogP contribution is 2.30. The fourth-order valence-corrected chi connectivity index (χ4v) is 2.71. The van der Waals surface area contributed by atoms with Crippen LogP contribution in [0.25, 0.3) is 0 Å². The summed E-state index contributed by atoms with van der Waals surface area (Å²) in [5.41, 5.74) is 1.58. The van der Waals surface area contributed by atoms with Crippen molar-refractivity contribution in [1.29, 1.82) is 0 Å². The third kappa shape index (κ3) is 4.17. The predicted octanol–water partition coefficient (Wildman–Crippen LogP) is 1.90. The molecular weight excluding hydrogens is 320 g/mol. The van der Waals surface area contributed by atoms with Crippen LogP contribution in [0, 0.1) is 5.92 Å². The standard InChI is InChI=1S/C18H22N4O3/c1-3-19-18-21-9-14(10-22-18)17(23)20-8-12-6-13-4-5-15(24-2)7-16(13)25-11-12/h4-5,7,9-10,12H,3,6,8,11H2,1-2H3,(H,20,23)(H,19,21,22)/t12-/m0/s1. The van der Waals surface area contributed by atoms with Crippen molar-refractivity contribution in [1.82, 2.24) is 15.3 Å². The highest BCUT2D eigenvalue weighted by Gasteiger charge is 2.21. The molecule has 3 rings (SSSR count). The average molecular weight is 342 g/mol. The maximum absolute atomic E-state index is 12.2. The van der Waals surface area contributed by atoms with Gasteiger partial charge in [-0.25, -0.2) is 9.97 Å². The summed E-state index contributed by atoms with van der Waals surface area (Å²) < 4.78 is 11.0. The SMILES string of the molecule is CCNc1ncc(C(=O)NC[C@H]2COc3cc(OC)ccc3C2)cn1. The van der Waals surface area contributed by atoms with E-state index in [1.54, 1.807) is 7.11 Å². The Labute approximate surface area is 146 Å². The van der Waals surface area contributed by atoms with E-state index in [0.717, 1.165) is 30.0 Å². The number of carbonyl (C=O) groups excluding carboxylic acids is 1. The van der Waals surface area contributed by atoms with Crippen LogP contribution >= 0.6 is 0 Å². The second-order valence-electron chi connectivity index (χ2n) is 5.89. The molecule has 0 bridgehead atoms. The lowest BCUT2D eigenvalue weighted by Crippen LogP contribution is -2.34. The fraction of sp³-hybridized carbons (Fsp3) is 0.389. The van der Waals surface area contributed by atoms with Gasteiger partial charge in [0.1, 0.15) is 11.5 Å². The van der Waals surface area contributed by atoms with Gasteiger partial charge < -0.3 is 20.1 Å². The second-order valence-corrected chi connectivity index (χ2v) is 5.89. The summed E-state index contributed by atoms with van der Waals surface area (Å²) in [7, 11) is 1.64. The molecule has 0 saturated heterocycles. The molecular formula is C18H22N4O3. The van der Waals surface area contributed by atoms with E-state index in [-0.39, 0.29) is 11.8 Å². The van der Waals surface area contributed by atoms with Gasteiger partial charge in [-0.05, 0) is 25.0 Å². The first-order chi connectivity index (χ1) is 12.2. The topological polar surface area (TPSA) is 85.4 Å². The third-order valence-corrected chi connectivity index (χ3v) is 4.06. The quantitative estimate of drug-likeness (QED) is 0.834. The third-order valence-electron chi connectivity index (χ3n) is 4.06. The number of hydrogen-bond acceptors (Lipinski definition) is 6. The van der Waals surface area contributed by atoms with Crippen molar-refractivity contribution < 1.29 is 14.3 Å². The van der Waals surface area contributed by atoms with E-state index in [9.17, 15) is 4.79 Å². The Morgan fingerprint density at radius 2 is 2.16 bits per heavy atom. The molecule has 0 fully saturated rings. The van der Waals surface area contributed by atoms with Gasteiger partial charge in [-0.15, -0.1) is 0 Å². The minimum absolute atomic E-state index is 0.177. The number of ether oxygens (including phenoxy) is 2. The number of nitrogens with one attached hydrogen (secondary N) is 2. The van der Waals surface area contributed by atoms with Crippen molar-refractivity contribution >= 4 is 11.9 Å². The molecule has 1 amide bonds. The van der Waals surface area contributed by atoms with Crippen LogP contribution in [-0.4, -0.2) is 42.7 Å². The second kappa shape index (κ2) is 7.83. The molecule has 2 heterocycles. The molecule has 1 aromatic heterocycles. The van der Waals surface area contributed by atoms with Crippen LogP contribution in [-0.2, 0) is 6.42 Å². The fourth-order valence-electron chi connectivity index (χ4n) is 2.71. The van der Waals surface area contributed by atoms with Crippen molar-refractivity contribution in [3.63, 3.8) is 0 Å². The van der Waals surface area contributed by atoms with Crippen molar-refractivity contribution in [3.8, 4) is 11.5 Å². The molecule has 25 heavy (non-hydrogen) atoms. The average Bonchev–Trinajstić information content (AvgIpc) is 2.66. The van der Waals surface area contributed by atoms with Crippen LogP contribution in [0.4, 0.5) is 5.95 Å². The summed E-state index contributed by atoms with van der Waals surface area (Å²) in [6.07, 6.45) is 3.91. The van der Waals surface area contributed by atoms with Crippen LogP contribution in [0.15, 0.2) is 30.6 Å². The van der Waals surface area contributed by atoms with Gasteiger partial charge >= 0.3 is 0 Å². The van der Waals surface area contributed by atoms with Gasteiger partial charge in [0, 0.05) is 37.5 Å². The molecule has 1 atom stereocenters. The maximum atomic E-state index is 12.2. The monoisotopic (exact) mass is 342 g/mol. The zero-order valence-corrected chi connectivity index (χ0v) is 14.4. The summed E-state index contributed by atoms with van der Waals surface area (Å²) in [5.74, 6) is 2.21. The number of methoxy groups -OCH3 is 1. The lowest BCUT2D eigenvalue weighted by atomic mass is 9.96. The van der Waals surface area contributed by atoms with Gasteiger partial charge in [-0.2, -0.15) is 0 Å². The van der Waals surface area contributed by atoms with Gasteiger partial charge in [0.05, 0.1) is 19.3 Å². The predicted molar refractivity (Wildman–Crippen MR) is 94.2 cm³/mol. The Balaban J connectivity index is 1.54. The van der Waals surface area contributed by atoms with Crippen LogP contribution < -0.4 is 20.1 Å². The summed E-state index contributed by atoms with van der Waals surface area (Å²) in [6.45, 7) is 3.81. The van der Waals surface area contributed by atoms with Gasteiger partial charge in [-0.1, -0.05) is 6.07 Å². The van der Waals surface area contributed by atoms with Crippen molar-refractivity contribution in [2.45, 2.75) is 13.3 Å². The van der Waals surface area contributed by atoms with Crippen molar-refractivity contribution in [2.24, 2.45) is 5.92 Å². The van der Waals surface area contributed by atoms with Crippen molar-refractivity contribution in [2.75, 3.05) is 32.1 Å². The Kier molecular flexibility index (Phi) is 5.33. The maximum Gasteiger partial charge on any atom is 0.254 e. The van der Waals surface area contributed by atoms with E-state index < -0.39 is 0 Å². The number of fused-ring (bicyclic) bond motifs is 1. The molecule has 0 radical (unpaired) electrons. The molecule has 2 aromatic rings. The van der Waals surface area contributed by atoms with Gasteiger partial charge in [0.2, 0.25) is 5.95 Å². The minimum Gasteiger partial charge on any atom is -0.497 e. The number of hydrogen-bond donors (Lipinski definition) is 2. The summed E-state index contributed by atoms with van der Waals surface area (Å²) >= 11 is 0. The Morgan fingerprint density at radius 1 is 1.36 bits per heavy atom. The summed E-state index contributed by atoms with van der Waals surface area (Å²) in [6, 6.07) is 5.83. The number of aromatic nitrogens is 2.